The number of amides is 2. The molecule has 0 unspecified atom stereocenters. The second-order valence-electron chi connectivity index (χ2n) is 7.84. The van der Waals surface area contributed by atoms with Gasteiger partial charge >= 0.3 is 0 Å². The van der Waals surface area contributed by atoms with E-state index in [4.69, 9.17) is 4.42 Å². The van der Waals surface area contributed by atoms with E-state index in [1.54, 1.807) is 19.2 Å². The fourth-order valence-electron chi connectivity index (χ4n) is 4.15. The molecule has 4 rings (SSSR count). The van der Waals surface area contributed by atoms with Crippen LogP contribution in [0.1, 0.15) is 34.5 Å². The number of rotatable bonds is 5. The van der Waals surface area contributed by atoms with E-state index in [0.29, 0.717) is 51.4 Å². The number of hydrogen-bond donors (Lipinski definition) is 1. The summed E-state index contributed by atoms with van der Waals surface area (Å²) in [5.74, 6) is 1.36. The topological polar surface area (TPSA) is 81.4 Å². The van der Waals surface area contributed by atoms with Crippen LogP contribution in [0.5, 0.6) is 0 Å². The standard InChI is InChI=1S/C23H29N5O3.HI/c1-24-23(27-13-11-26(12-14-27)22(30)20-8-5-15-31-20)25-16-18-6-2-3-7-19(18)17-28-10-4-9-21(28)29;/h2-3,5-8,15H,4,9-14,16-17H2,1H3,(H,24,25);1H. The summed E-state index contributed by atoms with van der Waals surface area (Å²) in [6.07, 6.45) is 3.12. The molecule has 1 aromatic heterocycles. The van der Waals surface area contributed by atoms with Crippen molar-refractivity contribution in [2.75, 3.05) is 39.8 Å². The Morgan fingerprint density at radius 3 is 2.38 bits per heavy atom. The fourth-order valence-corrected chi connectivity index (χ4v) is 4.15. The van der Waals surface area contributed by atoms with Crippen LogP contribution in [0, 0.1) is 0 Å². The molecular weight excluding hydrogens is 521 g/mol. The predicted octanol–water partition coefficient (Wildman–Crippen LogP) is 2.55. The molecular formula is C23H30IN5O3. The average molecular weight is 551 g/mol. The molecule has 0 spiro atoms. The van der Waals surface area contributed by atoms with Crippen molar-refractivity contribution in [2.24, 2.45) is 4.99 Å². The summed E-state index contributed by atoms with van der Waals surface area (Å²) in [7, 11) is 1.78. The molecule has 2 saturated heterocycles. The van der Waals surface area contributed by atoms with Crippen molar-refractivity contribution in [1.29, 1.82) is 0 Å². The maximum absolute atomic E-state index is 12.5. The molecule has 2 fully saturated rings. The monoisotopic (exact) mass is 551 g/mol. The highest BCUT2D eigenvalue weighted by atomic mass is 127. The predicted molar refractivity (Wildman–Crippen MR) is 133 cm³/mol. The van der Waals surface area contributed by atoms with E-state index in [1.807, 2.05) is 21.9 Å². The molecule has 0 atom stereocenters. The van der Waals surface area contributed by atoms with Crippen LogP contribution in [0.2, 0.25) is 0 Å². The molecule has 0 radical (unpaired) electrons. The molecule has 2 aliphatic heterocycles. The molecule has 9 heteroatoms. The number of aliphatic imine (C=N–C) groups is 1. The van der Waals surface area contributed by atoms with Crippen LogP contribution in [0.25, 0.3) is 0 Å². The Labute approximate surface area is 205 Å². The quantitative estimate of drug-likeness (QED) is 0.351. The Kier molecular flexibility index (Phi) is 8.54. The number of nitrogens with one attached hydrogen (secondary N) is 1. The highest BCUT2D eigenvalue weighted by Gasteiger charge is 2.25. The van der Waals surface area contributed by atoms with Gasteiger partial charge in [0, 0.05) is 59.3 Å². The van der Waals surface area contributed by atoms with Crippen molar-refractivity contribution in [2.45, 2.75) is 25.9 Å². The number of halogens is 1. The maximum Gasteiger partial charge on any atom is 0.289 e. The summed E-state index contributed by atoms with van der Waals surface area (Å²) in [5.41, 5.74) is 2.32. The lowest BCUT2D eigenvalue weighted by atomic mass is 10.1. The Bertz CT molecular complexity index is 939. The molecule has 0 bridgehead atoms. The van der Waals surface area contributed by atoms with Crippen molar-refractivity contribution < 1.29 is 14.0 Å². The molecule has 32 heavy (non-hydrogen) atoms. The largest absolute Gasteiger partial charge is 0.459 e. The normalized spacial score (nSPS) is 16.8. The Hall–Kier alpha value is -2.56. The smallest absolute Gasteiger partial charge is 0.289 e. The minimum absolute atomic E-state index is 0. The molecule has 0 aliphatic carbocycles. The zero-order valence-corrected chi connectivity index (χ0v) is 20.7. The minimum Gasteiger partial charge on any atom is -0.459 e. The molecule has 0 saturated carbocycles. The van der Waals surface area contributed by atoms with Gasteiger partial charge in [-0.1, -0.05) is 24.3 Å². The molecule has 1 N–H and O–H groups in total. The molecule has 172 valence electrons. The maximum atomic E-state index is 12.5. The number of benzene rings is 1. The van der Waals surface area contributed by atoms with E-state index >= 15 is 0 Å². The molecule has 2 amide bonds. The number of carbonyl (C=O) groups excluding carboxylic acids is 2. The number of nitrogens with zero attached hydrogens (tertiary/aromatic N) is 4. The van der Waals surface area contributed by atoms with Gasteiger partial charge in [0.25, 0.3) is 5.91 Å². The Morgan fingerprint density at radius 2 is 1.75 bits per heavy atom. The highest BCUT2D eigenvalue weighted by molar-refractivity contribution is 14.0. The van der Waals surface area contributed by atoms with E-state index in [-0.39, 0.29) is 35.8 Å². The number of furan rings is 1. The molecule has 3 heterocycles. The molecule has 2 aromatic rings. The summed E-state index contributed by atoms with van der Waals surface area (Å²) in [4.78, 5) is 34.8. The number of carbonyl (C=O) groups is 2. The van der Waals surface area contributed by atoms with E-state index in [9.17, 15) is 9.59 Å². The molecule has 8 nitrogen and oxygen atoms in total. The van der Waals surface area contributed by atoms with Crippen LogP contribution in [0.15, 0.2) is 52.1 Å². The van der Waals surface area contributed by atoms with Gasteiger partial charge in [-0.15, -0.1) is 24.0 Å². The number of piperazine rings is 1. The number of hydrogen-bond acceptors (Lipinski definition) is 4. The lowest BCUT2D eigenvalue weighted by Crippen LogP contribution is -2.53. The van der Waals surface area contributed by atoms with Crippen molar-refractivity contribution in [1.82, 2.24) is 20.0 Å². The fraction of sp³-hybridized carbons (Fsp3) is 0.435. The zero-order valence-electron chi connectivity index (χ0n) is 18.3. The van der Waals surface area contributed by atoms with Gasteiger partial charge in [-0.3, -0.25) is 14.6 Å². The third-order valence-corrected chi connectivity index (χ3v) is 5.90. The van der Waals surface area contributed by atoms with Crippen LogP contribution in [0.3, 0.4) is 0 Å². The van der Waals surface area contributed by atoms with Crippen LogP contribution < -0.4 is 5.32 Å². The van der Waals surface area contributed by atoms with Gasteiger partial charge in [-0.05, 0) is 29.7 Å². The molecule has 2 aliphatic rings. The average Bonchev–Trinajstić information content (AvgIpc) is 3.48. The lowest BCUT2D eigenvalue weighted by molar-refractivity contribution is -0.128. The first-order chi connectivity index (χ1) is 15.2. The Balaban J connectivity index is 0.00000289. The van der Waals surface area contributed by atoms with Gasteiger partial charge in [-0.2, -0.15) is 0 Å². The van der Waals surface area contributed by atoms with Crippen LogP contribution in [-0.2, 0) is 17.9 Å². The van der Waals surface area contributed by atoms with E-state index in [0.717, 1.165) is 30.1 Å². The second kappa shape index (κ2) is 11.3. The zero-order chi connectivity index (χ0) is 21.6. The van der Waals surface area contributed by atoms with Gasteiger partial charge in [0.1, 0.15) is 0 Å². The lowest BCUT2D eigenvalue weighted by Gasteiger charge is -2.36. The number of likely N-dealkylation sites (tertiary alicyclic amines) is 1. The summed E-state index contributed by atoms with van der Waals surface area (Å²) < 4.78 is 5.23. The Morgan fingerprint density at radius 1 is 1.03 bits per heavy atom. The molecule has 1 aromatic carbocycles. The van der Waals surface area contributed by atoms with Gasteiger partial charge < -0.3 is 24.4 Å². The SMILES string of the molecule is CN=C(NCc1ccccc1CN1CCCC1=O)N1CCN(C(=O)c2ccco2)CC1.I. The third-order valence-electron chi connectivity index (χ3n) is 5.90. The van der Waals surface area contributed by atoms with E-state index in [1.165, 1.54) is 6.26 Å². The van der Waals surface area contributed by atoms with Crippen molar-refractivity contribution in [3.63, 3.8) is 0 Å². The van der Waals surface area contributed by atoms with Crippen LogP contribution in [-0.4, -0.2) is 72.2 Å². The van der Waals surface area contributed by atoms with E-state index < -0.39 is 0 Å². The first-order valence-corrected chi connectivity index (χ1v) is 10.8. The minimum atomic E-state index is -0.0713. The van der Waals surface area contributed by atoms with Crippen LogP contribution >= 0.6 is 24.0 Å². The highest BCUT2D eigenvalue weighted by Crippen LogP contribution is 2.17. The van der Waals surface area contributed by atoms with Gasteiger partial charge in [0.15, 0.2) is 11.7 Å². The van der Waals surface area contributed by atoms with Crippen molar-refractivity contribution in [3.05, 3.63) is 59.5 Å². The summed E-state index contributed by atoms with van der Waals surface area (Å²) in [6, 6.07) is 11.6. The summed E-state index contributed by atoms with van der Waals surface area (Å²) in [5, 5.41) is 3.45. The first-order valence-electron chi connectivity index (χ1n) is 10.8. The second-order valence-corrected chi connectivity index (χ2v) is 7.84. The van der Waals surface area contributed by atoms with Gasteiger partial charge in [-0.25, -0.2) is 0 Å². The van der Waals surface area contributed by atoms with Crippen molar-refractivity contribution >= 4 is 41.8 Å². The summed E-state index contributed by atoms with van der Waals surface area (Å²) >= 11 is 0. The van der Waals surface area contributed by atoms with Crippen LogP contribution in [0.4, 0.5) is 0 Å². The summed E-state index contributed by atoms with van der Waals surface area (Å²) in [6.45, 7) is 4.77. The first kappa shape index (κ1) is 24.1. The van der Waals surface area contributed by atoms with Gasteiger partial charge in [0.05, 0.1) is 6.26 Å². The van der Waals surface area contributed by atoms with Gasteiger partial charge in [0.2, 0.25) is 5.91 Å². The third kappa shape index (κ3) is 5.62. The van der Waals surface area contributed by atoms with E-state index in [2.05, 4.69) is 27.3 Å². The number of guanidine groups is 1. The van der Waals surface area contributed by atoms with Crippen molar-refractivity contribution in [3.8, 4) is 0 Å².